The van der Waals surface area contributed by atoms with Gasteiger partial charge in [0.25, 0.3) is 0 Å². The second-order valence-corrected chi connectivity index (χ2v) is 7.46. The van der Waals surface area contributed by atoms with Crippen molar-refractivity contribution < 1.29 is 9.53 Å². The van der Waals surface area contributed by atoms with Gasteiger partial charge in [-0.3, -0.25) is 4.98 Å². The van der Waals surface area contributed by atoms with E-state index < -0.39 is 5.60 Å². The third-order valence-corrected chi connectivity index (χ3v) is 4.15. The molecule has 0 fully saturated rings. The monoisotopic (exact) mass is 354 g/mol. The molecule has 0 radical (unpaired) electrons. The van der Waals surface area contributed by atoms with Gasteiger partial charge in [-0.1, -0.05) is 18.2 Å². The van der Waals surface area contributed by atoms with Gasteiger partial charge in [0.15, 0.2) is 0 Å². The summed E-state index contributed by atoms with van der Waals surface area (Å²) in [7, 11) is 0. The Bertz CT molecular complexity index is 925. The molecule has 0 bridgehead atoms. The number of carbonyl (C=O) groups excluding carboxylic acids is 1. The number of nitrogens with one attached hydrogen (secondary N) is 1. The molecule has 6 heteroatoms. The van der Waals surface area contributed by atoms with Crippen LogP contribution in [0.25, 0.3) is 21.9 Å². The standard InChI is InChI=1S/C20H26N4O2/c1-14-23-17-13-22-16-10-6-5-9-15(16)18(17)24(14)12-8-7-11-21-19(25)26-20(2,3)4/h5-6,9-10,13H,7-8,11-12H2,1-4H3,(H,21,25). The van der Waals surface area contributed by atoms with Crippen molar-refractivity contribution in [3.8, 4) is 0 Å². The van der Waals surface area contributed by atoms with Crippen molar-refractivity contribution >= 4 is 28.0 Å². The molecule has 6 nitrogen and oxygen atoms in total. The van der Waals surface area contributed by atoms with E-state index in [2.05, 4.69) is 25.9 Å². The first kappa shape index (κ1) is 18.2. The fourth-order valence-electron chi connectivity index (χ4n) is 3.05. The van der Waals surface area contributed by atoms with E-state index in [1.165, 1.54) is 0 Å². The summed E-state index contributed by atoms with van der Waals surface area (Å²) in [5.74, 6) is 0.984. The highest BCUT2D eigenvalue weighted by atomic mass is 16.6. The van der Waals surface area contributed by atoms with Gasteiger partial charge in [-0.05, 0) is 46.6 Å². The number of ether oxygens (including phenoxy) is 1. The van der Waals surface area contributed by atoms with Crippen LogP contribution in [-0.4, -0.2) is 32.8 Å². The number of hydrogen-bond donors (Lipinski definition) is 1. The SMILES string of the molecule is Cc1nc2cnc3ccccc3c2n1CCCCNC(=O)OC(C)(C)C. The zero-order valence-electron chi connectivity index (χ0n) is 15.9. The lowest BCUT2D eigenvalue weighted by Crippen LogP contribution is -2.33. The van der Waals surface area contributed by atoms with E-state index in [0.29, 0.717) is 6.54 Å². The molecule has 1 aromatic carbocycles. The lowest BCUT2D eigenvalue weighted by atomic mass is 10.2. The Hall–Kier alpha value is -2.63. The van der Waals surface area contributed by atoms with Gasteiger partial charge in [0.2, 0.25) is 0 Å². The predicted molar refractivity (Wildman–Crippen MR) is 103 cm³/mol. The van der Waals surface area contributed by atoms with Crippen LogP contribution in [0.15, 0.2) is 30.5 Å². The summed E-state index contributed by atoms with van der Waals surface area (Å²) < 4.78 is 7.49. The summed E-state index contributed by atoms with van der Waals surface area (Å²) in [5, 5.41) is 3.93. The molecule has 0 aliphatic carbocycles. The summed E-state index contributed by atoms with van der Waals surface area (Å²) in [6.07, 6.45) is 3.30. The number of alkyl carbamates (subject to hydrolysis) is 1. The molecule has 0 atom stereocenters. The molecule has 3 rings (SSSR count). The largest absolute Gasteiger partial charge is 0.444 e. The van der Waals surface area contributed by atoms with Gasteiger partial charge in [0.05, 0.1) is 17.2 Å². The molecule has 3 aromatic rings. The number of benzene rings is 1. The quantitative estimate of drug-likeness (QED) is 0.697. The smallest absolute Gasteiger partial charge is 0.407 e. The van der Waals surface area contributed by atoms with Gasteiger partial charge in [-0.25, -0.2) is 9.78 Å². The third-order valence-electron chi connectivity index (χ3n) is 4.15. The van der Waals surface area contributed by atoms with Crippen molar-refractivity contribution in [1.82, 2.24) is 19.9 Å². The van der Waals surface area contributed by atoms with Crippen LogP contribution < -0.4 is 5.32 Å². The van der Waals surface area contributed by atoms with Crippen molar-refractivity contribution in [1.29, 1.82) is 0 Å². The Morgan fingerprint density at radius 3 is 2.73 bits per heavy atom. The Morgan fingerprint density at radius 2 is 1.96 bits per heavy atom. The molecule has 0 saturated heterocycles. The van der Waals surface area contributed by atoms with Gasteiger partial charge >= 0.3 is 6.09 Å². The van der Waals surface area contributed by atoms with Crippen LogP contribution in [0.2, 0.25) is 0 Å². The van der Waals surface area contributed by atoms with E-state index in [1.807, 2.05) is 52.1 Å². The maximum atomic E-state index is 11.7. The molecule has 26 heavy (non-hydrogen) atoms. The number of fused-ring (bicyclic) bond motifs is 3. The van der Waals surface area contributed by atoms with E-state index >= 15 is 0 Å². The molecule has 1 N–H and O–H groups in total. The Labute approximate surface area is 153 Å². The Kier molecular flexibility index (Phi) is 5.11. The topological polar surface area (TPSA) is 69.0 Å². The first-order valence-corrected chi connectivity index (χ1v) is 9.02. The van der Waals surface area contributed by atoms with E-state index in [-0.39, 0.29) is 6.09 Å². The maximum Gasteiger partial charge on any atom is 0.407 e. The molecule has 1 amide bonds. The molecule has 0 spiro atoms. The van der Waals surface area contributed by atoms with Gasteiger partial charge in [0, 0.05) is 18.5 Å². The second kappa shape index (κ2) is 7.32. The third kappa shape index (κ3) is 4.12. The van der Waals surface area contributed by atoms with E-state index in [1.54, 1.807) is 0 Å². The zero-order valence-corrected chi connectivity index (χ0v) is 15.9. The van der Waals surface area contributed by atoms with Crippen LogP contribution in [0, 0.1) is 6.92 Å². The second-order valence-electron chi connectivity index (χ2n) is 7.46. The highest BCUT2D eigenvalue weighted by Crippen LogP contribution is 2.24. The van der Waals surface area contributed by atoms with Crippen LogP contribution in [-0.2, 0) is 11.3 Å². The molecular weight excluding hydrogens is 328 g/mol. The average Bonchev–Trinajstić information content (AvgIpc) is 2.89. The fraction of sp³-hybridized carbons (Fsp3) is 0.450. The van der Waals surface area contributed by atoms with Gasteiger partial charge in [0.1, 0.15) is 16.9 Å². The number of imidazole rings is 1. The molecule has 138 valence electrons. The minimum atomic E-state index is -0.466. The van der Waals surface area contributed by atoms with Gasteiger partial charge < -0.3 is 14.6 Å². The molecule has 2 heterocycles. The van der Waals surface area contributed by atoms with Crippen molar-refractivity contribution in [3.63, 3.8) is 0 Å². The number of amides is 1. The molecular formula is C20H26N4O2. The first-order chi connectivity index (χ1) is 12.3. The molecule has 0 aliphatic rings. The predicted octanol–water partition coefficient (Wildman–Crippen LogP) is 4.20. The van der Waals surface area contributed by atoms with E-state index in [9.17, 15) is 4.79 Å². The number of aryl methyl sites for hydroxylation is 2. The van der Waals surface area contributed by atoms with Gasteiger partial charge in [-0.2, -0.15) is 0 Å². The summed E-state index contributed by atoms with van der Waals surface area (Å²) in [6.45, 7) is 9.05. The van der Waals surface area contributed by atoms with Crippen molar-refractivity contribution in [3.05, 3.63) is 36.3 Å². The summed E-state index contributed by atoms with van der Waals surface area (Å²) in [5.41, 5.74) is 2.57. The number of para-hydroxylation sites is 1. The number of nitrogens with zero attached hydrogens (tertiary/aromatic N) is 3. The molecule has 2 aromatic heterocycles. The molecule has 0 saturated carbocycles. The van der Waals surface area contributed by atoms with Crippen LogP contribution >= 0.6 is 0 Å². The lowest BCUT2D eigenvalue weighted by Gasteiger charge is -2.19. The minimum Gasteiger partial charge on any atom is -0.444 e. The first-order valence-electron chi connectivity index (χ1n) is 9.02. The van der Waals surface area contributed by atoms with Crippen molar-refractivity contribution in [2.24, 2.45) is 0 Å². The van der Waals surface area contributed by atoms with E-state index in [4.69, 9.17) is 4.74 Å². The number of rotatable bonds is 5. The van der Waals surface area contributed by atoms with Crippen LogP contribution in [0.3, 0.4) is 0 Å². The summed E-state index contributed by atoms with van der Waals surface area (Å²) in [4.78, 5) is 20.8. The van der Waals surface area contributed by atoms with Crippen molar-refractivity contribution in [2.45, 2.75) is 52.7 Å². The van der Waals surface area contributed by atoms with Crippen molar-refractivity contribution in [2.75, 3.05) is 6.54 Å². The molecule has 0 unspecified atom stereocenters. The number of carbonyl (C=O) groups is 1. The minimum absolute atomic E-state index is 0.362. The van der Waals surface area contributed by atoms with Crippen LogP contribution in [0.4, 0.5) is 4.79 Å². The maximum absolute atomic E-state index is 11.7. The Balaban J connectivity index is 1.64. The van der Waals surface area contributed by atoms with Crippen LogP contribution in [0.1, 0.15) is 39.4 Å². The van der Waals surface area contributed by atoms with E-state index in [0.717, 1.165) is 47.1 Å². The highest BCUT2D eigenvalue weighted by Gasteiger charge is 2.15. The fourth-order valence-corrected chi connectivity index (χ4v) is 3.05. The van der Waals surface area contributed by atoms with Crippen LogP contribution in [0.5, 0.6) is 0 Å². The number of pyridine rings is 1. The average molecular weight is 354 g/mol. The summed E-state index contributed by atoms with van der Waals surface area (Å²) >= 11 is 0. The normalized spacial score (nSPS) is 11.8. The molecule has 0 aliphatic heterocycles. The number of aromatic nitrogens is 3. The zero-order chi connectivity index (χ0) is 18.7. The Morgan fingerprint density at radius 1 is 1.19 bits per heavy atom. The number of hydrogen-bond acceptors (Lipinski definition) is 4. The highest BCUT2D eigenvalue weighted by molar-refractivity contribution is 6.02. The lowest BCUT2D eigenvalue weighted by molar-refractivity contribution is 0.0527. The number of unbranched alkanes of at least 4 members (excludes halogenated alkanes) is 1. The summed E-state index contributed by atoms with van der Waals surface area (Å²) in [6, 6.07) is 8.14. The van der Waals surface area contributed by atoms with Gasteiger partial charge in [-0.15, -0.1) is 0 Å².